The standard InChI is InChI=1S/C22H35N3O2/c1-17(2)8-7-9-18(3)24-22(27)23-16-19-10-12-20(13-11-19)21(26)25-14-5-4-6-15-25/h10-13,17-18H,4-9,14-16H2,1-3H3,(H2,23,24,27)/t18-/m1/s1. The number of carbonyl (C=O) groups is 2. The Bertz CT molecular complexity index is 592. The highest BCUT2D eigenvalue weighted by molar-refractivity contribution is 5.94. The van der Waals surface area contributed by atoms with Crippen LogP contribution in [0.3, 0.4) is 0 Å². The second-order valence-electron chi connectivity index (χ2n) is 8.10. The molecule has 2 N–H and O–H groups in total. The first-order valence-corrected chi connectivity index (χ1v) is 10.4. The van der Waals surface area contributed by atoms with E-state index in [1.54, 1.807) is 0 Å². The van der Waals surface area contributed by atoms with Crippen LogP contribution >= 0.6 is 0 Å². The highest BCUT2D eigenvalue weighted by atomic mass is 16.2. The smallest absolute Gasteiger partial charge is 0.315 e. The van der Waals surface area contributed by atoms with Crippen LogP contribution in [0.25, 0.3) is 0 Å². The molecule has 0 bridgehead atoms. The first-order chi connectivity index (χ1) is 13.0. The monoisotopic (exact) mass is 373 g/mol. The Morgan fingerprint density at radius 1 is 1.00 bits per heavy atom. The second kappa shape index (κ2) is 11.0. The molecule has 3 amide bonds. The summed E-state index contributed by atoms with van der Waals surface area (Å²) < 4.78 is 0. The lowest BCUT2D eigenvalue weighted by Crippen LogP contribution is -2.40. The van der Waals surface area contributed by atoms with E-state index in [0.29, 0.717) is 12.5 Å². The molecular weight excluding hydrogens is 338 g/mol. The van der Waals surface area contributed by atoms with Gasteiger partial charge in [0.15, 0.2) is 0 Å². The fourth-order valence-corrected chi connectivity index (χ4v) is 3.41. The Kier molecular flexibility index (Phi) is 8.62. The number of amides is 3. The average Bonchev–Trinajstić information content (AvgIpc) is 2.66. The van der Waals surface area contributed by atoms with E-state index in [4.69, 9.17) is 0 Å². The third-order valence-corrected chi connectivity index (χ3v) is 5.09. The predicted octanol–water partition coefficient (Wildman–Crippen LogP) is 4.33. The fourth-order valence-electron chi connectivity index (χ4n) is 3.41. The van der Waals surface area contributed by atoms with Gasteiger partial charge < -0.3 is 15.5 Å². The molecule has 0 aliphatic carbocycles. The van der Waals surface area contributed by atoms with Crippen molar-refractivity contribution in [2.45, 2.75) is 71.9 Å². The molecular formula is C22H35N3O2. The molecule has 1 heterocycles. The summed E-state index contributed by atoms with van der Waals surface area (Å²) in [5, 5.41) is 5.88. The maximum Gasteiger partial charge on any atom is 0.315 e. The minimum absolute atomic E-state index is 0.113. The Morgan fingerprint density at radius 3 is 2.30 bits per heavy atom. The highest BCUT2D eigenvalue weighted by Crippen LogP contribution is 2.14. The van der Waals surface area contributed by atoms with Gasteiger partial charge in [0.05, 0.1) is 0 Å². The number of likely N-dealkylation sites (tertiary alicyclic amines) is 1. The summed E-state index contributed by atoms with van der Waals surface area (Å²) in [7, 11) is 0. The number of benzene rings is 1. The minimum Gasteiger partial charge on any atom is -0.339 e. The molecule has 1 aromatic rings. The zero-order valence-electron chi connectivity index (χ0n) is 17.1. The van der Waals surface area contributed by atoms with Crippen LogP contribution in [0.1, 0.15) is 75.2 Å². The number of carbonyl (C=O) groups excluding carboxylic acids is 2. The van der Waals surface area contributed by atoms with E-state index in [1.165, 1.54) is 12.8 Å². The van der Waals surface area contributed by atoms with Gasteiger partial charge in [0.2, 0.25) is 0 Å². The van der Waals surface area contributed by atoms with E-state index in [9.17, 15) is 9.59 Å². The summed E-state index contributed by atoms with van der Waals surface area (Å²) in [6.45, 7) is 8.66. The maximum atomic E-state index is 12.5. The molecule has 1 aromatic carbocycles. The summed E-state index contributed by atoms with van der Waals surface area (Å²) in [6.07, 6.45) is 6.73. The third-order valence-electron chi connectivity index (χ3n) is 5.09. The normalized spacial score (nSPS) is 15.5. The number of nitrogens with one attached hydrogen (secondary N) is 2. The van der Waals surface area contributed by atoms with E-state index < -0.39 is 0 Å². The number of rotatable bonds is 8. The lowest BCUT2D eigenvalue weighted by atomic mass is 10.0. The van der Waals surface area contributed by atoms with Crippen LogP contribution in [0, 0.1) is 5.92 Å². The molecule has 0 spiro atoms. The number of nitrogens with zero attached hydrogens (tertiary/aromatic N) is 1. The van der Waals surface area contributed by atoms with Crippen LogP contribution in [0.4, 0.5) is 4.79 Å². The van der Waals surface area contributed by atoms with Gasteiger partial charge in [-0.2, -0.15) is 0 Å². The average molecular weight is 374 g/mol. The van der Waals surface area contributed by atoms with Crippen molar-refractivity contribution in [2.75, 3.05) is 13.1 Å². The summed E-state index contributed by atoms with van der Waals surface area (Å²) >= 11 is 0. The van der Waals surface area contributed by atoms with Gasteiger partial charge in [-0.1, -0.05) is 38.8 Å². The first kappa shape index (κ1) is 21.3. The molecule has 0 unspecified atom stereocenters. The molecule has 2 rings (SSSR count). The molecule has 1 atom stereocenters. The van der Waals surface area contributed by atoms with Crippen molar-refractivity contribution >= 4 is 11.9 Å². The Labute approximate surface area is 163 Å². The SMILES string of the molecule is CC(C)CCC[C@@H](C)NC(=O)NCc1ccc(C(=O)N2CCCCC2)cc1. The molecule has 0 aromatic heterocycles. The molecule has 5 nitrogen and oxygen atoms in total. The van der Waals surface area contributed by atoms with Gasteiger partial charge in [-0.3, -0.25) is 4.79 Å². The van der Waals surface area contributed by atoms with E-state index in [2.05, 4.69) is 24.5 Å². The lowest BCUT2D eigenvalue weighted by molar-refractivity contribution is 0.0724. The molecule has 1 fully saturated rings. The van der Waals surface area contributed by atoms with Crippen LogP contribution in [-0.4, -0.2) is 36.0 Å². The van der Waals surface area contributed by atoms with E-state index in [1.807, 2.05) is 36.1 Å². The molecule has 27 heavy (non-hydrogen) atoms. The van der Waals surface area contributed by atoms with E-state index in [0.717, 1.165) is 49.9 Å². The van der Waals surface area contributed by atoms with E-state index in [-0.39, 0.29) is 18.0 Å². The van der Waals surface area contributed by atoms with Crippen molar-refractivity contribution in [3.63, 3.8) is 0 Å². The first-order valence-electron chi connectivity index (χ1n) is 10.4. The van der Waals surface area contributed by atoms with Gasteiger partial charge in [-0.25, -0.2) is 4.79 Å². The van der Waals surface area contributed by atoms with Crippen molar-refractivity contribution < 1.29 is 9.59 Å². The second-order valence-corrected chi connectivity index (χ2v) is 8.10. The lowest BCUT2D eigenvalue weighted by Gasteiger charge is -2.26. The Morgan fingerprint density at radius 2 is 1.67 bits per heavy atom. The molecule has 0 radical (unpaired) electrons. The summed E-state index contributed by atoms with van der Waals surface area (Å²) in [5.74, 6) is 0.818. The van der Waals surface area contributed by atoms with Crippen LogP contribution in [0.15, 0.2) is 24.3 Å². The highest BCUT2D eigenvalue weighted by Gasteiger charge is 2.17. The van der Waals surface area contributed by atoms with Gasteiger partial charge in [0.25, 0.3) is 5.91 Å². The number of hydrogen-bond donors (Lipinski definition) is 2. The largest absolute Gasteiger partial charge is 0.339 e. The van der Waals surface area contributed by atoms with Gasteiger partial charge in [-0.15, -0.1) is 0 Å². The Balaban J connectivity index is 1.72. The van der Waals surface area contributed by atoms with Crippen molar-refractivity contribution in [3.8, 4) is 0 Å². The fraction of sp³-hybridized carbons (Fsp3) is 0.636. The molecule has 1 aliphatic heterocycles. The van der Waals surface area contributed by atoms with Crippen LogP contribution in [-0.2, 0) is 6.54 Å². The molecule has 5 heteroatoms. The summed E-state index contributed by atoms with van der Waals surface area (Å²) in [4.78, 5) is 26.4. The molecule has 0 saturated carbocycles. The van der Waals surface area contributed by atoms with Crippen molar-refractivity contribution in [1.82, 2.24) is 15.5 Å². The predicted molar refractivity (Wildman–Crippen MR) is 110 cm³/mol. The van der Waals surface area contributed by atoms with Crippen molar-refractivity contribution in [1.29, 1.82) is 0 Å². The maximum absolute atomic E-state index is 12.5. The quantitative estimate of drug-likeness (QED) is 0.712. The summed E-state index contributed by atoms with van der Waals surface area (Å²) in [5.41, 5.74) is 1.72. The number of piperidine rings is 1. The third kappa shape index (κ3) is 7.61. The van der Waals surface area contributed by atoms with Gasteiger partial charge in [-0.05, 0) is 56.2 Å². The molecule has 1 aliphatic rings. The van der Waals surface area contributed by atoms with Gasteiger partial charge in [0.1, 0.15) is 0 Å². The number of urea groups is 1. The topological polar surface area (TPSA) is 61.4 Å². The van der Waals surface area contributed by atoms with Gasteiger partial charge >= 0.3 is 6.03 Å². The summed E-state index contributed by atoms with van der Waals surface area (Å²) in [6, 6.07) is 7.60. The minimum atomic E-state index is -0.138. The van der Waals surface area contributed by atoms with Crippen LogP contribution in [0.5, 0.6) is 0 Å². The van der Waals surface area contributed by atoms with Crippen LogP contribution in [0.2, 0.25) is 0 Å². The Hall–Kier alpha value is -2.04. The zero-order chi connectivity index (χ0) is 19.6. The van der Waals surface area contributed by atoms with Crippen molar-refractivity contribution in [2.24, 2.45) is 5.92 Å². The van der Waals surface area contributed by atoms with Gasteiger partial charge in [0, 0.05) is 31.2 Å². The van der Waals surface area contributed by atoms with Crippen molar-refractivity contribution in [3.05, 3.63) is 35.4 Å². The van der Waals surface area contributed by atoms with E-state index >= 15 is 0 Å². The molecule has 150 valence electrons. The number of hydrogen-bond acceptors (Lipinski definition) is 2. The molecule has 1 saturated heterocycles. The zero-order valence-corrected chi connectivity index (χ0v) is 17.1. The van der Waals surface area contributed by atoms with Crippen LogP contribution < -0.4 is 10.6 Å².